The number of rotatable bonds is 11. The number of benzene rings is 2. The minimum absolute atomic E-state index is 0.151. The van der Waals surface area contributed by atoms with Crippen LogP contribution in [0.4, 0.5) is 5.69 Å². The summed E-state index contributed by atoms with van der Waals surface area (Å²) in [5, 5.41) is 6.28. The second-order valence-electron chi connectivity index (χ2n) is 7.47. The second kappa shape index (κ2) is 12.2. The van der Waals surface area contributed by atoms with E-state index in [9.17, 15) is 9.59 Å². The van der Waals surface area contributed by atoms with E-state index in [2.05, 4.69) is 41.0 Å². The minimum atomic E-state index is -0.486. The normalized spacial score (nSPS) is 16.1. The first-order valence-electron chi connectivity index (χ1n) is 11.1. The van der Waals surface area contributed by atoms with Gasteiger partial charge in [-0.05, 0) is 61.2 Å². The molecule has 2 N–H and O–H groups in total. The molecule has 1 saturated heterocycles. The molecule has 2 aromatic rings. The number of carbonyl (C=O) groups is 2. The van der Waals surface area contributed by atoms with Gasteiger partial charge in [0.15, 0.2) is 23.6 Å². The summed E-state index contributed by atoms with van der Waals surface area (Å²) in [6, 6.07) is 11.9. The molecule has 1 heterocycles. The molecule has 7 nitrogen and oxygen atoms in total. The molecule has 34 heavy (non-hydrogen) atoms. The van der Waals surface area contributed by atoms with Gasteiger partial charge in [0.05, 0.1) is 18.6 Å². The van der Waals surface area contributed by atoms with Crippen LogP contribution in [0.1, 0.15) is 30.5 Å². The van der Waals surface area contributed by atoms with E-state index in [0.29, 0.717) is 29.4 Å². The average Bonchev–Trinajstić information content (AvgIpc) is 3.17. The van der Waals surface area contributed by atoms with Crippen molar-refractivity contribution in [3.63, 3.8) is 0 Å². The fraction of sp³-hybridized carbons (Fsp3) is 0.308. The molecule has 2 aromatic carbocycles. The van der Waals surface area contributed by atoms with Crippen LogP contribution in [0, 0.1) is 0 Å². The van der Waals surface area contributed by atoms with Crippen molar-refractivity contribution < 1.29 is 23.8 Å². The number of nitrogens with one attached hydrogen (secondary N) is 2. The number of allylic oxidation sites excluding steroid dienone is 1. The van der Waals surface area contributed by atoms with Gasteiger partial charge >= 0.3 is 5.97 Å². The van der Waals surface area contributed by atoms with Gasteiger partial charge in [-0.1, -0.05) is 36.9 Å². The molecule has 1 fully saturated rings. The lowest BCUT2D eigenvalue weighted by Crippen LogP contribution is -2.30. The zero-order valence-corrected chi connectivity index (χ0v) is 20.5. The topological polar surface area (TPSA) is 85.9 Å². The first-order chi connectivity index (χ1) is 16.5. The highest BCUT2D eigenvalue weighted by Gasteiger charge is 2.27. The average molecular weight is 483 g/mol. The van der Waals surface area contributed by atoms with Gasteiger partial charge in [-0.2, -0.15) is 0 Å². The van der Waals surface area contributed by atoms with Gasteiger partial charge in [0, 0.05) is 11.3 Å². The summed E-state index contributed by atoms with van der Waals surface area (Å²) in [6.45, 7) is 7.98. The van der Waals surface area contributed by atoms with E-state index in [1.165, 1.54) is 24.4 Å². The lowest BCUT2D eigenvalue weighted by atomic mass is 10.0. The van der Waals surface area contributed by atoms with Crippen LogP contribution in [0.5, 0.6) is 11.5 Å². The number of hydrogen-bond donors (Lipinski definition) is 2. The highest BCUT2D eigenvalue weighted by atomic mass is 32.2. The van der Waals surface area contributed by atoms with E-state index in [-0.39, 0.29) is 18.0 Å². The van der Waals surface area contributed by atoms with Gasteiger partial charge in [0.25, 0.3) is 5.91 Å². The minimum Gasteiger partial charge on any atom is -0.490 e. The van der Waals surface area contributed by atoms with Crippen molar-refractivity contribution in [1.29, 1.82) is 0 Å². The molecular formula is C26H30N2O5S. The fourth-order valence-corrected chi connectivity index (χ4v) is 4.38. The van der Waals surface area contributed by atoms with Crippen LogP contribution in [-0.4, -0.2) is 37.7 Å². The lowest BCUT2D eigenvalue weighted by Gasteiger charge is -2.16. The van der Waals surface area contributed by atoms with Crippen molar-refractivity contribution >= 4 is 35.4 Å². The van der Waals surface area contributed by atoms with Crippen LogP contribution < -0.4 is 20.1 Å². The SMILES string of the molecule is C=CCc1cc(/C=C2\S[C@@H](Nc3ccc(CC)cc3)NC2=O)cc(OCC)c1OCC(=O)OC. The van der Waals surface area contributed by atoms with E-state index in [1.807, 2.05) is 31.2 Å². The summed E-state index contributed by atoms with van der Waals surface area (Å²) in [6.07, 6.45) is 5.05. The molecule has 0 radical (unpaired) electrons. The number of esters is 1. The van der Waals surface area contributed by atoms with Crippen LogP contribution in [0.3, 0.4) is 0 Å². The van der Waals surface area contributed by atoms with Gasteiger partial charge in [-0.25, -0.2) is 4.79 Å². The molecular weight excluding hydrogens is 452 g/mol. The van der Waals surface area contributed by atoms with Gasteiger partial charge in [-0.15, -0.1) is 6.58 Å². The fourth-order valence-electron chi connectivity index (χ4n) is 3.40. The number of aryl methyl sites for hydroxylation is 1. The molecule has 3 rings (SSSR count). The summed E-state index contributed by atoms with van der Waals surface area (Å²) >= 11 is 1.41. The molecule has 1 aliphatic heterocycles. The molecule has 180 valence electrons. The first-order valence-corrected chi connectivity index (χ1v) is 12.0. The van der Waals surface area contributed by atoms with Crippen molar-refractivity contribution in [3.05, 3.63) is 70.6 Å². The zero-order chi connectivity index (χ0) is 24.5. The molecule has 1 amide bonds. The monoisotopic (exact) mass is 482 g/mol. The Morgan fingerprint density at radius 1 is 1.21 bits per heavy atom. The third kappa shape index (κ3) is 6.57. The van der Waals surface area contributed by atoms with Crippen molar-refractivity contribution in [2.75, 3.05) is 25.6 Å². The summed E-state index contributed by atoms with van der Waals surface area (Å²) in [5.41, 5.74) is 3.51. The highest BCUT2D eigenvalue weighted by molar-refractivity contribution is 8.05. The standard InChI is InChI=1S/C26H30N2O5S/c1-5-8-19-13-18(14-21(32-7-3)24(19)33-16-23(29)31-4)15-22-25(30)28-26(34-22)27-20-11-9-17(6-2)10-12-20/h5,9-15,26-27H,1,6-8,16H2,2-4H3,(H,28,30)/b22-15-/t26-/m0/s1. The Labute approximate surface area is 204 Å². The summed E-state index contributed by atoms with van der Waals surface area (Å²) in [5.74, 6) is 0.321. The van der Waals surface area contributed by atoms with Gasteiger partial charge in [0.1, 0.15) is 0 Å². The van der Waals surface area contributed by atoms with E-state index >= 15 is 0 Å². The Kier molecular flexibility index (Phi) is 9.04. The Bertz CT molecular complexity index is 1070. The Morgan fingerprint density at radius 3 is 2.62 bits per heavy atom. The Morgan fingerprint density at radius 2 is 1.97 bits per heavy atom. The predicted molar refractivity (Wildman–Crippen MR) is 136 cm³/mol. The van der Waals surface area contributed by atoms with E-state index < -0.39 is 5.97 Å². The maximum Gasteiger partial charge on any atom is 0.343 e. The van der Waals surface area contributed by atoms with Crippen LogP contribution in [-0.2, 0) is 27.2 Å². The summed E-state index contributed by atoms with van der Waals surface area (Å²) < 4.78 is 16.2. The maximum atomic E-state index is 12.6. The molecule has 1 atom stereocenters. The number of hydrogen-bond acceptors (Lipinski definition) is 7. The Hall–Kier alpha value is -3.39. The van der Waals surface area contributed by atoms with Crippen molar-refractivity contribution in [2.24, 2.45) is 0 Å². The van der Waals surface area contributed by atoms with Crippen molar-refractivity contribution in [3.8, 4) is 11.5 Å². The molecule has 0 saturated carbocycles. The third-order valence-electron chi connectivity index (χ3n) is 5.07. The predicted octanol–water partition coefficient (Wildman–Crippen LogP) is 4.53. The maximum absolute atomic E-state index is 12.6. The molecule has 1 aliphatic rings. The van der Waals surface area contributed by atoms with Gasteiger partial charge in [-0.3, -0.25) is 4.79 Å². The number of methoxy groups -OCH3 is 1. The largest absolute Gasteiger partial charge is 0.490 e. The van der Waals surface area contributed by atoms with E-state index in [0.717, 1.165) is 23.2 Å². The molecule has 0 spiro atoms. The van der Waals surface area contributed by atoms with Crippen LogP contribution >= 0.6 is 11.8 Å². The molecule has 0 bridgehead atoms. The van der Waals surface area contributed by atoms with E-state index in [4.69, 9.17) is 9.47 Å². The lowest BCUT2D eigenvalue weighted by molar-refractivity contribution is -0.142. The third-order valence-corrected chi connectivity index (χ3v) is 6.10. The Balaban J connectivity index is 1.83. The zero-order valence-electron chi connectivity index (χ0n) is 19.7. The molecule has 8 heteroatoms. The first kappa shape index (κ1) is 25.2. The smallest absolute Gasteiger partial charge is 0.343 e. The van der Waals surface area contributed by atoms with Crippen molar-refractivity contribution in [2.45, 2.75) is 32.2 Å². The van der Waals surface area contributed by atoms with Gasteiger partial charge < -0.3 is 24.8 Å². The number of anilines is 1. The second-order valence-corrected chi connectivity index (χ2v) is 8.62. The number of amides is 1. The van der Waals surface area contributed by atoms with Crippen LogP contribution in [0.15, 0.2) is 54.0 Å². The van der Waals surface area contributed by atoms with Crippen molar-refractivity contribution in [1.82, 2.24) is 5.32 Å². The molecule has 0 unspecified atom stereocenters. The van der Waals surface area contributed by atoms with Gasteiger partial charge in [0.2, 0.25) is 0 Å². The number of carbonyl (C=O) groups excluding carboxylic acids is 2. The number of ether oxygens (including phenoxy) is 3. The van der Waals surface area contributed by atoms with E-state index in [1.54, 1.807) is 12.1 Å². The highest BCUT2D eigenvalue weighted by Crippen LogP contribution is 2.36. The molecule has 0 aliphatic carbocycles. The quantitative estimate of drug-likeness (QED) is 0.277. The van der Waals surface area contributed by atoms with Crippen LogP contribution in [0.2, 0.25) is 0 Å². The molecule has 0 aromatic heterocycles. The summed E-state index contributed by atoms with van der Waals surface area (Å²) in [4.78, 5) is 24.8. The number of thioether (sulfide) groups is 1. The van der Waals surface area contributed by atoms with Crippen LogP contribution in [0.25, 0.3) is 6.08 Å². The summed E-state index contributed by atoms with van der Waals surface area (Å²) in [7, 11) is 1.31.